The second kappa shape index (κ2) is 3.78. The van der Waals surface area contributed by atoms with E-state index in [-0.39, 0.29) is 0 Å². The van der Waals surface area contributed by atoms with Crippen LogP contribution in [0, 0.1) is 5.41 Å². The Balaban J connectivity index is 2.31. The molecule has 1 atom stereocenters. The molecule has 0 aromatic rings. The van der Waals surface area contributed by atoms with Crippen molar-refractivity contribution in [1.29, 1.82) is 0 Å². The van der Waals surface area contributed by atoms with E-state index in [4.69, 9.17) is 0 Å². The van der Waals surface area contributed by atoms with E-state index in [9.17, 15) is 0 Å². The van der Waals surface area contributed by atoms with E-state index in [0.29, 0.717) is 5.41 Å². The monoisotopic (exact) mass is 169 g/mol. The second-order valence-corrected chi connectivity index (χ2v) is 5.36. The summed E-state index contributed by atoms with van der Waals surface area (Å²) in [5.74, 6) is 0. The van der Waals surface area contributed by atoms with Gasteiger partial charge in [0.1, 0.15) is 0 Å². The van der Waals surface area contributed by atoms with Crippen molar-refractivity contribution >= 4 is 0 Å². The lowest BCUT2D eigenvalue weighted by molar-refractivity contribution is 0.192. The van der Waals surface area contributed by atoms with Gasteiger partial charge in [-0.2, -0.15) is 0 Å². The number of hydrogen-bond acceptors (Lipinski definition) is 1. The highest BCUT2D eigenvalue weighted by molar-refractivity contribution is 4.77. The molecule has 0 spiro atoms. The molecular weight excluding hydrogens is 146 g/mol. The van der Waals surface area contributed by atoms with Crippen LogP contribution in [-0.2, 0) is 0 Å². The van der Waals surface area contributed by atoms with Crippen LogP contribution in [0.1, 0.15) is 47.0 Å². The van der Waals surface area contributed by atoms with Gasteiger partial charge in [-0.3, -0.25) is 0 Å². The first-order chi connectivity index (χ1) is 5.49. The van der Waals surface area contributed by atoms with Crippen molar-refractivity contribution in [3.05, 3.63) is 0 Å². The van der Waals surface area contributed by atoms with E-state index in [0.717, 1.165) is 6.04 Å². The van der Waals surface area contributed by atoms with Crippen LogP contribution in [0.15, 0.2) is 0 Å². The predicted molar refractivity (Wildman–Crippen MR) is 54.3 cm³/mol. The molecule has 0 bridgehead atoms. The molecule has 0 aliphatic carbocycles. The highest BCUT2D eigenvalue weighted by Gasteiger charge is 2.22. The zero-order valence-corrected chi connectivity index (χ0v) is 9.06. The van der Waals surface area contributed by atoms with Crippen LogP contribution in [0.4, 0.5) is 0 Å². The molecule has 1 saturated heterocycles. The normalized spacial score (nSPS) is 23.0. The van der Waals surface area contributed by atoms with Crippen molar-refractivity contribution in [2.24, 2.45) is 5.41 Å². The molecule has 0 amide bonds. The van der Waals surface area contributed by atoms with Crippen molar-refractivity contribution in [3.63, 3.8) is 0 Å². The van der Waals surface area contributed by atoms with Crippen LogP contribution < -0.4 is 0 Å². The Bertz CT molecular complexity index is 128. The zero-order chi connectivity index (χ0) is 9.19. The molecule has 1 nitrogen and oxygen atoms in total. The van der Waals surface area contributed by atoms with E-state index < -0.39 is 0 Å². The van der Waals surface area contributed by atoms with E-state index in [2.05, 4.69) is 32.6 Å². The number of rotatable bonds is 2. The SMILES string of the molecule is CC(CC(C)(C)C)N1CCCC1. The van der Waals surface area contributed by atoms with Gasteiger partial charge in [0.2, 0.25) is 0 Å². The van der Waals surface area contributed by atoms with Crippen LogP contribution in [0.2, 0.25) is 0 Å². The van der Waals surface area contributed by atoms with Crippen molar-refractivity contribution < 1.29 is 0 Å². The molecule has 12 heavy (non-hydrogen) atoms. The summed E-state index contributed by atoms with van der Waals surface area (Å²) in [7, 11) is 0. The molecule has 1 unspecified atom stereocenters. The van der Waals surface area contributed by atoms with E-state index >= 15 is 0 Å². The third-order valence-electron chi connectivity index (χ3n) is 2.67. The maximum Gasteiger partial charge on any atom is 0.00719 e. The summed E-state index contributed by atoms with van der Waals surface area (Å²) in [6.07, 6.45) is 4.15. The van der Waals surface area contributed by atoms with Gasteiger partial charge in [-0.1, -0.05) is 20.8 Å². The predicted octanol–water partition coefficient (Wildman–Crippen LogP) is 2.91. The van der Waals surface area contributed by atoms with Crippen molar-refractivity contribution in [2.45, 2.75) is 53.0 Å². The fourth-order valence-electron chi connectivity index (χ4n) is 2.20. The van der Waals surface area contributed by atoms with E-state index in [1.54, 1.807) is 0 Å². The average Bonchev–Trinajstić information content (AvgIpc) is 2.32. The van der Waals surface area contributed by atoms with Gasteiger partial charge in [0.15, 0.2) is 0 Å². The quantitative estimate of drug-likeness (QED) is 0.614. The average molecular weight is 169 g/mol. The zero-order valence-electron chi connectivity index (χ0n) is 9.06. The maximum absolute atomic E-state index is 2.63. The first kappa shape index (κ1) is 10.0. The van der Waals surface area contributed by atoms with E-state index in [1.165, 1.54) is 32.4 Å². The molecule has 1 rings (SSSR count). The molecule has 0 aromatic heterocycles. The van der Waals surface area contributed by atoms with Crippen LogP contribution in [-0.4, -0.2) is 24.0 Å². The van der Waals surface area contributed by atoms with Gasteiger partial charge in [0, 0.05) is 6.04 Å². The van der Waals surface area contributed by atoms with Crippen LogP contribution in [0.25, 0.3) is 0 Å². The summed E-state index contributed by atoms with van der Waals surface area (Å²) >= 11 is 0. The maximum atomic E-state index is 2.63. The Morgan fingerprint density at radius 3 is 2.08 bits per heavy atom. The molecule has 1 aliphatic rings. The number of likely N-dealkylation sites (tertiary alicyclic amines) is 1. The van der Waals surface area contributed by atoms with Gasteiger partial charge < -0.3 is 4.90 Å². The molecular formula is C11H23N. The molecule has 0 saturated carbocycles. The van der Waals surface area contributed by atoms with Gasteiger partial charge in [-0.25, -0.2) is 0 Å². The summed E-state index contributed by atoms with van der Waals surface area (Å²) in [6.45, 7) is 12.0. The Labute approximate surface area is 77.1 Å². The highest BCUT2D eigenvalue weighted by Crippen LogP contribution is 2.25. The molecule has 72 valence electrons. The van der Waals surface area contributed by atoms with Crippen LogP contribution in [0.5, 0.6) is 0 Å². The van der Waals surface area contributed by atoms with E-state index in [1.807, 2.05) is 0 Å². The molecule has 1 heterocycles. The summed E-state index contributed by atoms with van der Waals surface area (Å²) in [6, 6.07) is 0.785. The number of nitrogens with zero attached hydrogens (tertiary/aromatic N) is 1. The minimum absolute atomic E-state index is 0.488. The first-order valence-electron chi connectivity index (χ1n) is 5.23. The molecule has 0 radical (unpaired) electrons. The fourth-order valence-corrected chi connectivity index (χ4v) is 2.20. The summed E-state index contributed by atoms with van der Waals surface area (Å²) < 4.78 is 0. The van der Waals surface area contributed by atoms with Gasteiger partial charge in [0.05, 0.1) is 0 Å². The molecule has 1 heteroatoms. The van der Waals surface area contributed by atoms with Crippen molar-refractivity contribution in [3.8, 4) is 0 Å². The fraction of sp³-hybridized carbons (Fsp3) is 1.00. The van der Waals surface area contributed by atoms with Crippen molar-refractivity contribution in [2.75, 3.05) is 13.1 Å². The van der Waals surface area contributed by atoms with Crippen molar-refractivity contribution in [1.82, 2.24) is 4.90 Å². The van der Waals surface area contributed by atoms with Gasteiger partial charge in [-0.15, -0.1) is 0 Å². The second-order valence-electron chi connectivity index (χ2n) is 5.36. The van der Waals surface area contributed by atoms with Gasteiger partial charge in [0.25, 0.3) is 0 Å². The Morgan fingerprint density at radius 1 is 1.17 bits per heavy atom. The first-order valence-corrected chi connectivity index (χ1v) is 5.23. The topological polar surface area (TPSA) is 3.24 Å². The highest BCUT2D eigenvalue weighted by atomic mass is 15.2. The molecule has 1 aliphatic heterocycles. The lowest BCUT2D eigenvalue weighted by Crippen LogP contribution is -2.33. The Kier molecular flexibility index (Phi) is 3.16. The lowest BCUT2D eigenvalue weighted by atomic mass is 9.88. The van der Waals surface area contributed by atoms with Gasteiger partial charge >= 0.3 is 0 Å². The lowest BCUT2D eigenvalue weighted by Gasteiger charge is -2.30. The van der Waals surface area contributed by atoms with Gasteiger partial charge in [-0.05, 0) is 44.7 Å². The largest absolute Gasteiger partial charge is 0.301 e. The Morgan fingerprint density at radius 2 is 1.67 bits per heavy atom. The third kappa shape index (κ3) is 3.14. The standard InChI is InChI=1S/C11H23N/c1-10(9-11(2,3)4)12-7-5-6-8-12/h10H,5-9H2,1-4H3. The third-order valence-corrected chi connectivity index (χ3v) is 2.67. The van der Waals surface area contributed by atoms with Crippen LogP contribution in [0.3, 0.4) is 0 Å². The molecule has 0 N–H and O–H groups in total. The summed E-state index contributed by atoms with van der Waals surface area (Å²) in [5, 5.41) is 0. The summed E-state index contributed by atoms with van der Waals surface area (Å²) in [5.41, 5.74) is 0.488. The van der Waals surface area contributed by atoms with Crippen LogP contribution >= 0.6 is 0 Å². The smallest absolute Gasteiger partial charge is 0.00719 e. The Hall–Kier alpha value is -0.0400. The number of hydrogen-bond donors (Lipinski definition) is 0. The molecule has 0 aromatic carbocycles. The minimum atomic E-state index is 0.488. The molecule has 1 fully saturated rings. The minimum Gasteiger partial charge on any atom is -0.301 e. The summed E-state index contributed by atoms with van der Waals surface area (Å²) in [4.78, 5) is 2.63.